The highest BCUT2D eigenvalue weighted by Crippen LogP contribution is 2.29. The van der Waals surface area contributed by atoms with Gasteiger partial charge in [0.2, 0.25) is 5.43 Å². The van der Waals surface area contributed by atoms with Crippen LogP contribution in [0.25, 0.3) is 11.3 Å². The molecular weight excluding hydrogens is 334 g/mol. The highest BCUT2D eigenvalue weighted by Gasteiger charge is 2.18. The number of aromatic hydroxyl groups is 1. The van der Waals surface area contributed by atoms with Gasteiger partial charge in [-0.3, -0.25) is 4.79 Å². The molecule has 0 amide bonds. The first-order valence-electron chi connectivity index (χ1n) is 10.4. The van der Waals surface area contributed by atoms with Gasteiger partial charge in [0.1, 0.15) is 0 Å². The minimum absolute atomic E-state index is 0.187. The van der Waals surface area contributed by atoms with Gasteiger partial charge in [-0.15, -0.1) is 0 Å². The average Bonchev–Trinajstić information content (AvgIpc) is 3.18. The number of nitrogens with zero attached hydrogens (tertiary/aromatic N) is 1. The molecule has 0 unspecified atom stereocenters. The summed E-state index contributed by atoms with van der Waals surface area (Å²) < 4.78 is 2.01. The monoisotopic (exact) mass is 365 g/mol. The van der Waals surface area contributed by atoms with E-state index in [0.717, 1.165) is 37.1 Å². The molecule has 0 aliphatic heterocycles. The van der Waals surface area contributed by atoms with E-state index in [1.807, 2.05) is 4.57 Å². The number of benzene rings is 1. The predicted octanol–water partition coefficient (Wildman–Crippen LogP) is 5.87. The summed E-state index contributed by atoms with van der Waals surface area (Å²) in [4.78, 5) is 12.1. The molecule has 27 heavy (non-hydrogen) atoms. The summed E-state index contributed by atoms with van der Waals surface area (Å²) in [6.07, 6.45) is 13.1. The second-order valence-corrected chi connectivity index (χ2v) is 7.66. The van der Waals surface area contributed by atoms with Gasteiger partial charge in [-0.2, -0.15) is 0 Å². The molecule has 0 atom stereocenters. The molecule has 1 aromatic heterocycles. The Morgan fingerprint density at radius 1 is 1.22 bits per heavy atom. The molecule has 1 saturated carbocycles. The molecule has 3 nitrogen and oxygen atoms in total. The Hall–Kier alpha value is -2.29. The molecule has 0 bridgehead atoms. The first-order chi connectivity index (χ1) is 13.1. The van der Waals surface area contributed by atoms with Gasteiger partial charge < -0.3 is 9.67 Å². The summed E-state index contributed by atoms with van der Waals surface area (Å²) in [7, 11) is 0. The standard InChI is InChI=1S/C24H31NO2/c1-3-5-11-19(4-2)20-12-8-13-21(15-20)25-17-24(27)23(26)16-22(25)14-18-9-6-7-10-18/h8,11-13,15-18,27H,3-7,9-10,14H2,1-2H3. The molecule has 1 aromatic carbocycles. The predicted molar refractivity (Wildman–Crippen MR) is 113 cm³/mol. The van der Waals surface area contributed by atoms with Crippen molar-refractivity contribution in [3.8, 4) is 11.4 Å². The molecule has 1 N–H and O–H groups in total. The van der Waals surface area contributed by atoms with E-state index in [1.165, 1.54) is 36.8 Å². The molecular formula is C24H31NO2. The molecule has 3 heteroatoms. The van der Waals surface area contributed by atoms with E-state index in [1.54, 1.807) is 12.3 Å². The van der Waals surface area contributed by atoms with Crippen molar-refractivity contribution in [3.05, 3.63) is 64.1 Å². The van der Waals surface area contributed by atoms with Crippen LogP contribution in [0.5, 0.6) is 5.75 Å². The van der Waals surface area contributed by atoms with Crippen molar-refractivity contribution in [1.82, 2.24) is 4.57 Å². The van der Waals surface area contributed by atoms with E-state index in [9.17, 15) is 9.90 Å². The lowest BCUT2D eigenvalue weighted by Crippen LogP contribution is -2.14. The third kappa shape index (κ3) is 4.71. The summed E-state index contributed by atoms with van der Waals surface area (Å²) in [5.41, 5.74) is 4.28. The summed E-state index contributed by atoms with van der Waals surface area (Å²) in [5, 5.41) is 10.0. The summed E-state index contributed by atoms with van der Waals surface area (Å²) in [5.74, 6) is 0.451. The van der Waals surface area contributed by atoms with Crippen LogP contribution in [0, 0.1) is 5.92 Å². The van der Waals surface area contributed by atoms with Crippen LogP contribution in [-0.2, 0) is 6.42 Å². The number of rotatable bonds is 7. The fraction of sp³-hybridized carbons (Fsp3) is 0.458. The van der Waals surface area contributed by atoms with Gasteiger partial charge >= 0.3 is 0 Å². The van der Waals surface area contributed by atoms with Gasteiger partial charge in [-0.1, -0.05) is 64.2 Å². The van der Waals surface area contributed by atoms with Crippen LogP contribution >= 0.6 is 0 Å². The molecule has 0 saturated heterocycles. The fourth-order valence-electron chi connectivity index (χ4n) is 4.11. The Morgan fingerprint density at radius 3 is 2.70 bits per heavy atom. The highest BCUT2D eigenvalue weighted by atomic mass is 16.3. The van der Waals surface area contributed by atoms with Crippen molar-refractivity contribution in [3.63, 3.8) is 0 Å². The fourth-order valence-corrected chi connectivity index (χ4v) is 4.11. The molecule has 1 heterocycles. The number of allylic oxidation sites excluding steroid dienone is 2. The minimum atomic E-state index is -0.285. The zero-order valence-electron chi connectivity index (χ0n) is 16.6. The number of pyridine rings is 1. The molecule has 2 aromatic rings. The van der Waals surface area contributed by atoms with Crippen LogP contribution in [0.4, 0.5) is 0 Å². The molecule has 1 aliphatic rings. The Kier molecular flexibility index (Phi) is 6.54. The lowest BCUT2D eigenvalue weighted by Gasteiger charge is -2.18. The summed E-state index contributed by atoms with van der Waals surface area (Å²) >= 11 is 0. The lowest BCUT2D eigenvalue weighted by atomic mass is 9.99. The van der Waals surface area contributed by atoms with Gasteiger partial charge in [0.15, 0.2) is 5.75 Å². The third-order valence-corrected chi connectivity index (χ3v) is 5.64. The van der Waals surface area contributed by atoms with Crippen LogP contribution in [-0.4, -0.2) is 9.67 Å². The van der Waals surface area contributed by atoms with Gasteiger partial charge in [0.25, 0.3) is 0 Å². The molecule has 3 rings (SSSR count). The maximum absolute atomic E-state index is 12.1. The van der Waals surface area contributed by atoms with Crippen molar-refractivity contribution in [2.75, 3.05) is 0 Å². The van der Waals surface area contributed by atoms with Crippen LogP contribution in [0.1, 0.15) is 70.1 Å². The summed E-state index contributed by atoms with van der Waals surface area (Å²) in [6, 6.07) is 10.1. The van der Waals surface area contributed by atoms with Crippen molar-refractivity contribution >= 4 is 5.57 Å². The van der Waals surface area contributed by atoms with E-state index in [-0.39, 0.29) is 11.2 Å². The van der Waals surface area contributed by atoms with E-state index >= 15 is 0 Å². The SMILES string of the molecule is CCCC=C(CC)c1cccc(-n2cc(O)c(=O)cc2CC2CCCC2)c1. The maximum atomic E-state index is 12.1. The van der Waals surface area contributed by atoms with Crippen LogP contribution in [0.3, 0.4) is 0 Å². The Balaban J connectivity index is 2.01. The largest absolute Gasteiger partial charge is 0.503 e. The van der Waals surface area contributed by atoms with Crippen molar-refractivity contribution < 1.29 is 5.11 Å². The van der Waals surface area contributed by atoms with Crippen LogP contribution < -0.4 is 5.43 Å². The van der Waals surface area contributed by atoms with Crippen LogP contribution in [0.2, 0.25) is 0 Å². The Labute approximate surface area is 162 Å². The second kappa shape index (κ2) is 9.07. The van der Waals surface area contributed by atoms with E-state index in [0.29, 0.717) is 5.92 Å². The lowest BCUT2D eigenvalue weighted by molar-refractivity contribution is 0.461. The smallest absolute Gasteiger partial charge is 0.223 e. The molecule has 144 valence electrons. The minimum Gasteiger partial charge on any atom is -0.503 e. The van der Waals surface area contributed by atoms with Gasteiger partial charge in [0.05, 0.1) is 6.20 Å². The van der Waals surface area contributed by atoms with Gasteiger partial charge in [-0.05, 0) is 48.4 Å². The Morgan fingerprint density at radius 2 is 2.00 bits per heavy atom. The molecule has 0 spiro atoms. The van der Waals surface area contributed by atoms with Crippen molar-refractivity contribution in [2.45, 2.75) is 65.2 Å². The second-order valence-electron chi connectivity index (χ2n) is 7.66. The van der Waals surface area contributed by atoms with Crippen molar-refractivity contribution in [2.24, 2.45) is 5.92 Å². The third-order valence-electron chi connectivity index (χ3n) is 5.64. The first-order valence-corrected chi connectivity index (χ1v) is 10.4. The number of unbranched alkanes of at least 4 members (excludes halogenated alkanes) is 1. The maximum Gasteiger partial charge on any atom is 0.223 e. The number of hydrogen-bond acceptors (Lipinski definition) is 2. The zero-order valence-corrected chi connectivity index (χ0v) is 16.6. The van der Waals surface area contributed by atoms with E-state index in [2.05, 4.69) is 44.2 Å². The van der Waals surface area contributed by atoms with E-state index < -0.39 is 0 Å². The zero-order chi connectivity index (χ0) is 19.2. The van der Waals surface area contributed by atoms with E-state index in [4.69, 9.17) is 0 Å². The molecule has 0 radical (unpaired) electrons. The first kappa shape index (κ1) is 19.5. The topological polar surface area (TPSA) is 42.2 Å². The quantitative estimate of drug-likeness (QED) is 0.667. The Bertz CT molecular complexity index is 857. The highest BCUT2D eigenvalue weighted by molar-refractivity contribution is 5.67. The number of hydrogen-bond donors (Lipinski definition) is 1. The van der Waals surface area contributed by atoms with Crippen molar-refractivity contribution in [1.29, 1.82) is 0 Å². The average molecular weight is 366 g/mol. The summed E-state index contributed by atoms with van der Waals surface area (Å²) in [6.45, 7) is 4.38. The molecule has 1 fully saturated rings. The van der Waals surface area contributed by atoms with Crippen LogP contribution in [0.15, 0.2) is 47.4 Å². The number of aromatic nitrogens is 1. The van der Waals surface area contributed by atoms with Gasteiger partial charge in [-0.25, -0.2) is 0 Å². The normalized spacial score (nSPS) is 15.4. The van der Waals surface area contributed by atoms with Gasteiger partial charge in [0, 0.05) is 17.4 Å². The molecule has 1 aliphatic carbocycles.